The molecule has 0 spiro atoms. The van der Waals surface area contributed by atoms with Gasteiger partial charge in [0.15, 0.2) is 0 Å². The summed E-state index contributed by atoms with van der Waals surface area (Å²) in [5.41, 5.74) is 0.942. The lowest BCUT2D eigenvalue weighted by atomic mass is 10.2. The molecule has 1 aromatic rings. The van der Waals surface area contributed by atoms with Crippen LogP contribution in [-0.4, -0.2) is 6.10 Å². The smallest absolute Gasteiger partial charge is 0.249 e. The maximum Gasteiger partial charge on any atom is 0.249 e. The molecule has 2 atom stereocenters. The molecule has 0 fully saturated rings. The van der Waals surface area contributed by atoms with Crippen LogP contribution in [0.3, 0.4) is 0 Å². The van der Waals surface area contributed by atoms with Gasteiger partial charge in [0.05, 0.1) is 0 Å². The van der Waals surface area contributed by atoms with Crippen LogP contribution in [0.1, 0.15) is 5.56 Å². The molecule has 11 heavy (non-hydrogen) atoms. The summed E-state index contributed by atoms with van der Waals surface area (Å²) in [4.78, 5) is 0. The van der Waals surface area contributed by atoms with Gasteiger partial charge in [0, 0.05) is 0 Å². The van der Waals surface area contributed by atoms with E-state index >= 15 is 0 Å². The minimum atomic E-state index is -1.32. The van der Waals surface area contributed by atoms with E-state index in [1.165, 1.54) is 0 Å². The normalized spacial score (nSPS) is 12.6. The molecule has 0 amide bonds. The Balaban J connectivity index is 2.78. The van der Waals surface area contributed by atoms with Gasteiger partial charge in [-0.2, -0.15) is 4.39 Å². The molecular formula is C8H10FOP. The molecule has 0 saturated heterocycles. The highest BCUT2D eigenvalue weighted by Crippen LogP contribution is 2.19. The van der Waals surface area contributed by atoms with Crippen LogP contribution in [0.4, 0.5) is 4.39 Å². The molecule has 60 valence electrons. The standard InChI is InChI=1S/C8H10FOP/c1-6-4-2-3-5-7(6)10-8(9)11/h2-5,8H,11H2,1H3. The van der Waals surface area contributed by atoms with E-state index in [0.29, 0.717) is 5.75 Å². The highest BCUT2D eigenvalue weighted by molar-refractivity contribution is 7.16. The van der Waals surface area contributed by atoms with Gasteiger partial charge in [0.25, 0.3) is 0 Å². The second-order valence-electron chi connectivity index (χ2n) is 2.23. The first kappa shape index (κ1) is 8.48. The molecule has 2 unspecified atom stereocenters. The number of alkyl halides is 1. The maximum atomic E-state index is 12.3. The van der Waals surface area contributed by atoms with Crippen molar-refractivity contribution in [3.05, 3.63) is 29.8 Å². The van der Waals surface area contributed by atoms with Gasteiger partial charge in [0.1, 0.15) is 5.75 Å². The molecule has 3 heteroatoms. The molecule has 0 aliphatic rings. The first-order valence-corrected chi connectivity index (χ1v) is 3.99. The summed E-state index contributed by atoms with van der Waals surface area (Å²) in [6, 6.07) is 7.32. The SMILES string of the molecule is Cc1ccccc1OC(F)P. The lowest BCUT2D eigenvalue weighted by Gasteiger charge is -2.08. The zero-order valence-electron chi connectivity index (χ0n) is 6.25. The first-order valence-electron chi connectivity index (χ1n) is 3.32. The number of ether oxygens (including phenoxy) is 1. The van der Waals surface area contributed by atoms with Crippen molar-refractivity contribution in [1.29, 1.82) is 0 Å². The van der Waals surface area contributed by atoms with Gasteiger partial charge in [-0.15, -0.1) is 0 Å². The fourth-order valence-corrected chi connectivity index (χ4v) is 0.957. The highest BCUT2D eigenvalue weighted by Gasteiger charge is 2.01. The second kappa shape index (κ2) is 3.68. The number of hydrogen-bond acceptors (Lipinski definition) is 1. The number of aryl methyl sites for hydroxylation is 1. The van der Waals surface area contributed by atoms with E-state index in [9.17, 15) is 4.39 Å². The maximum absolute atomic E-state index is 12.3. The van der Waals surface area contributed by atoms with E-state index in [1.807, 2.05) is 34.4 Å². The molecular weight excluding hydrogens is 162 g/mol. The van der Waals surface area contributed by atoms with E-state index in [2.05, 4.69) is 0 Å². The molecule has 0 radical (unpaired) electrons. The minimum Gasteiger partial charge on any atom is -0.457 e. The Labute approximate surface area is 67.8 Å². The average Bonchev–Trinajstić information content (AvgIpc) is 1.93. The van der Waals surface area contributed by atoms with Crippen molar-refractivity contribution in [3.8, 4) is 5.75 Å². The quantitative estimate of drug-likeness (QED) is 0.623. The number of halogens is 1. The molecule has 0 aromatic heterocycles. The average molecular weight is 172 g/mol. The zero-order chi connectivity index (χ0) is 8.27. The predicted octanol–water partition coefficient (Wildman–Crippen LogP) is 2.50. The van der Waals surface area contributed by atoms with Crippen molar-refractivity contribution in [2.24, 2.45) is 0 Å². The topological polar surface area (TPSA) is 9.23 Å². The summed E-state index contributed by atoms with van der Waals surface area (Å²) in [5.74, 6) is 0.593. The number of rotatable bonds is 2. The van der Waals surface area contributed by atoms with Gasteiger partial charge in [-0.3, -0.25) is 0 Å². The second-order valence-corrected chi connectivity index (χ2v) is 2.76. The molecule has 1 rings (SSSR count). The van der Waals surface area contributed by atoms with Gasteiger partial charge in [0.2, 0.25) is 6.10 Å². The summed E-state index contributed by atoms with van der Waals surface area (Å²) in [7, 11) is 1.94. The minimum absolute atomic E-state index is 0.593. The van der Waals surface area contributed by atoms with E-state index in [4.69, 9.17) is 4.74 Å². The van der Waals surface area contributed by atoms with Crippen LogP contribution in [0.25, 0.3) is 0 Å². The first-order chi connectivity index (χ1) is 5.20. The molecule has 0 N–H and O–H groups in total. The van der Waals surface area contributed by atoms with Crippen molar-refractivity contribution in [2.45, 2.75) is 13.0 Å². The van der Waals surface area contributed by atoms with Gasteiger partial charge < -0.3 is 4.74 Å². The lowest BCUT2D eigenvalue weighted by molar-refractivity contribution is 0.152. The Morgan fingerprint density at radius 3 is 2.64 bits per heavy atom. The number of hydrogen-bond donors (Lipinski definition) is 0. The highest BCUT2D eigenvalue weighted by atomic mass is 31.0. The fourth-order valence-electron chi connectivity index (χ4n) is 0.810. The van der Waals surface area contributed by atoms with Crippen molar-refractivity contribution >= 4 is 9.24 Å². The van der Waals surface area contributed by atoms with Crippen molar-refractivity contribution in [1.82, 2.24) is 0 Å². The third-order valence-electron chi connectivity index (χ3n) is 1.33. The Morgan fingerprint density at radius 2 is 2.09 bits per heavy atom. The van der Waals surface area contributed by atoms with Crippen LogP contribution in [-0.2, 0) is 0 Å². The van der Waals surface area contributed by atoms with E-state index in [0.717, 1.165) is 5.56 Å². The van der Waals surface area contributed by atoms with Crippen molar-refractivity contribution in [2.75, 3.05) is 0 Å². The van der Waals surface area contributed by atoms with E-state index in [-0.39, 0.29) is 0 Å². The van der Waals surface area contributed by atoms with Crippen LogP contribution in [0.15, 0.2) is 24.3 Å². The summed E-state index contributed by atoms with van der Waals surface area (Å²) < 4.78 is 17.1. The van der Waals surface area contributed by atoms with Crippen LogP contribution >= 0.6 is 9.24 Å². The summed E-state index contributed by atoms with van der Waals surface area (Å²) in [6.45, 7) is 1.88. The molecule has 1 nitrogen and oxygen atoms in total. The summed E-state index contributed by atoms with van der Waals surface area (Å²) >= 11 is 0. The molecule has 0 aliphatic carbocycles. The van der Waals surface area contributed by atoms with Crippen LogP contribution in [0.5, 0.6) is 5.75 Å². The van der Waals surface area contributed by atoms with Gasteiger partial charge in [-0.05, 0) is 18.6 Å². The summed E-state index contributed by atoms with van der Waals surface area (Å²) in [6.07, 6.45) is -1.32. The Hall–Kier alpha value is -0.620. The van der Waals surface area contributed by atoms with Crippen LogP contribution in [0.2, 0.25) is 0 Å². The van der Waals surface area contributed by atoms with Gasteiger partial charge in [-0.25, -0.2) is 0 Å². The fraction of sp³-hybridized carbons (Fsp3) is 0.250. The number of benzene rings is 1. The number of para-hydroxylation sites is 1. The largest absolute Gasteiger partial charge is 0.457 e. The van der Waals surface area contributed by atoms with E-state index < -0.39 is 6.10 Å². The van der Waals surface area contributed by atoms with Gasteiger partial charge >= 0.3 is 0 Å². The Bertz CT molecular complexity index is 237. The Kier molecular flexibility index (Phi) is 2.84. The third-order valence-corrected chi connectivity index (χ3v) is 1.47. The zero-order valence-corrected chi connectivity index (χ0v) is 7.41. The molecule has 0 heterocycles. The predicted molar refractivity (Wildman–Crippen MR) is 46.4 cm³/mol. The molecule has 0 bridgehead atoms. The molecule has 1 aromatic carbocycles. The Morgan fingerprint density at radius 1 is 1.45 bits per heavy atom. The van der Waals surface area contributed by atoms with Crippen LogP contribution in [0, 0.1) is 6.92 Å². The van der Waals surface area contributed by atoms with Crippen molar-refractivity contribution < 1.29 is 9.13 Å². The molecule has 0 aliphatic heterocycles. The van der Waals surface area contributed by atoms with Crippen molar-refractivity contribution in [3.63, 3.8) is 0 Å². The molecule has 0 saturated carbocycles. The lowest BCUT2D eigenvalue weighted by Crippen LogP contribution is -2.00. The van der Waals surface area contributed by atoms with Gasteiger partial charge in [-0.1, -0.05) is 27.4 Å². The monoisotopic (exact) mass is 172 g/mol. The summed E-state index contributed by atoms with van der Waals surface area (Å²) in [5, 5.41) is 0. The van der Waals surface area contributed by atoms with Crippen LogP contribution < -0.4 is 4.74 Å². The van der Waals surface area contributed by atoms with E-state index in [1.54, 1.807) is 6.07 Å². The third kappa shape index (κ3) is 2.47.